The molecule has 0 saturated carbocycles. The van der Waals surface area contributed by atoms with Crippen LogP contribution in [-0.4, -0.2) is 45.7 Å². The second kappa shape index (κ2) is 10.9. The highest BCUT2D eigenvalue weighted by Crippen LogP contribution is 2.32. The molecule has 38 heavy (non-hydrogen) atoms. The zero-order valence-corrected chi connectivity index (χ0v) is 22.6. The minimum atomic E-state index is -4.82. The summed E-state index contributed by atoms with van der Waals surface area (Å²) in [6.45, 7) is 8.02. The zero-order chi connectivity index (χ0) is 27.7. The molecule has 0 unspecified atom stereocenters. The van der Waals surface area contributed by atoms with Crippen LogP contribution in [0.1, 0.15) is 63.9 Å². The Hall–Kier alpha value is -3.11. The average Bonchev–Trinajstić information content (AvgIpc) is 3.30. The fourth-order valence-corrected chi connectivity index (χ4v) is 5.38. The summed E-state index contributed by atoms with van der Waals surface area (Å²) < 4.78 is 53.1. The fraction of sp³-hybridized carbons (Fsp3) is 0.393. The van der Waals surface area contributed by atoms with Crippen LogP contribution in [0, 0.1) is 0 Å². The molecule has 4 aromatic rings. The maximum atomic E-state index is 13.0. The van der Waals surface area contributed by atoms with E-state index in [0.717, 1.165) is 41.2 Å². The van der Waals surface area contributed by atoms with Crippen LogP contribution in [0.2, 0.25) is 0 Å². The smallest absolute Gasteiger partial charge is 0.378 e. The number of aliphatic hydroxyl groups excluding tert-OH is 1. The molecular weight excluding hydrogens is 513 g/mol. The van der Waals surface area contributed by atoms with Gasteiger partial charge in [0.1, 0.15) is 0 Å². The molecule has 6 nitrogen and oxygen atoms in total. The van der Waals surface area contributed by atoms with Crippen LogP contribution in [0.25, 0.3) is 28.0 Å². The Morgan fingerprint density at radius 3 is 2.39 bits per heavy atom. The van der Waals surface area contributed by atoms with Crippen molar-refractivity contribution < 1.29 is 22.5 Å². The van der Waals surface area contributed by atoms with Crippen LogP contribution in [-0.2, 0) is 10.8 Å². The molecule has 0 saturated heterocycles. The Morgan fingerprint density at radius 2 is 1.71 bits per heavy atom. The molecule has 0 amide bonds. The lowest BCUT2D eigenvalue weighted by Gasteiger charge is -2.23. The van der Waals surface area contributed by atoms with Gasteiger partial charge in [-0.25, -0.2) is 9.67 Å². The van der Waals surface area contributed by atoms with Crippen LogP contribution in [0.3, 0.4) is 0 Å². The summed E-state index contributed by atoms with van der Waals surface area (Å²) in [6.07, 6.45) is -4.09. The summed E-state index contributed by atoms with van der Waals surface area (Å²) in [5.41, 5.74) is 2.55. The Bertz CT molecular complexity index is 1450. The molecule has 0 fully saturated rings. The van der Waals surface area contributed by atoms with Crippen molar-refractivity contribution in [3.8, 4) is 17.1 Å². The van der Waals surface area contributed by atoms with Crippen molar-refractivity contribution in [1.82, 2.24) is 19.7 Å². The first-order valence-electron chi connectivity index (χ1n) is 12.4. The average molecular weight is 545 g/mol. The third kappa shape index (κ3) is 6.13. The minimum absolute atomic E-state index is 0.0567. The highest BCUT2D eigenvalue weighted by atomic mass is 32.2. The first-order valence-corrected chi connectivity index (χ1v) is 13.8. The van der Waals surface area contributed by atoms with Gasteiger partial charge in [0.2, 0.25) is 0 Å². The Balaban J connectivity index is 1.70. The first-order chi connectivity index (χ1) is 17.9. The number of aromatic nitrogens is 4. The molecule has 3 atom stereocenters. The van der Waals surface area contributed by atoms with E-state index in [-0.39, 0.29) is 16.5 Å². The van der Waals surface area contributed by atoms with Crippen molar-refractivity contribution in [2.45, 2.75) is 63.5 Å². The molecule has 1 N–H and O–H groups in total. The molecule has 0 spiro atoms. The van der Waals surface area contributed by atoms with Gasteiger partial charge in [0.15, 0.2) is 11.9 Å². The van der Waals surface area contributed by atoms with Gasteiger partial charge in [-0.3, -0.25) is 9.19 Å². The topological polar surface area (TPSA) is 80.9 Å². The number of benzene rings is 1. The van der Waals surface area contributed by atoms with Crippen LogP contribution in [0.5, 0.6) is 0 Å². The third-order valence-corrected chi connectivity index (χ3v) is 8.36. The van der Waals surface area contributed by atoms with Crippen LogP contribution in [0.15, 0.2) is 60.8 Å². The van der Waals surface area contributed by atoms with E-state index in [2.05, 4.69) is 17.0 Å². The number of hydrogen-bond donors (Lipinski definition) is 1. The van der Waals surface area contributed by atoms with Crippen LogP contribution in [0.4, 0.5) is 13.2 Å². The number of hydrogen-bond acceptors (Lipinski definition) is 5. The fourth-order valence-electron chi connectivity index (χ4n) is 4.18. The van der Waals surface area contributed by atoms with Crippen molar-refractivity contribution in [1.29, 1.82) is 0 Å². The van der Waals surface area contributed by atoms with Crippen LogP contribution >= 0.6 is 0 Å². The summed E-state index contributed by atoms with van der Waals surface area (Å²) in [4.78, 5) is 8.94. The number of aliphatic hydroxyl groups is 1. The molecular formula is C28H31F3N4O2S. The number of nitrogens with zero attached hydrogens (tertiary/aromatic N) is 4. The second-order valence-electron chi connectivity index (χ2n) is 10.3. The minimum Gasteiger partial charge on any atom is -0.378 e. The monoisotopic (exact) mass is 544 g/mol. The first kappa shape index (κ1) is 27.9. The number of alkyl halides is 3. The van der Waals surface area contributed by atoms with Gasteiger partial charge in [-0.2, -0.15) is 18.3 Å². The number of halogens is 3. The van der Waals surface area contributed by atoms with Crippen molar-refractivity contribution >= 4 is 21.7 Å². The van der Waals surface area contributed by atoms with Gasteiger partial charge in [-0.05, 0) is 57.5 Å². The zero-order valence-electron chi connectivity index (χ0n) is 21.7. The molecule has 3 aromatic heterocycles. The quantitative estimate of drug-likeness (QED) is 0.274. The molecule has 1 aromatic carbocycles. The molecule has 0 aliphatic carbocycles. The molecule has 0 radical (unpaired) electrons. The molecule has 0 aliphatic rings. The Morgan fingerprint density at radius 1 is 1.00 bits per heavy atom. The van der Waals surface area contributed by atoms with Crippen molar-refractivity contribution in [2.75, 3.05) is 5.75 Å². The van der Waals surface area contributed by atoms with E-state index in [1.54, 1.807) is 6.20 Å². The predicted molar refractivity (Wildman–Crippen MR) is 144 cm³/mol. The largest absolute Gasteiger partial charge is 0.420 e. The lowest BCUT2D eigenvalue weighted by Crippen LogP contribution is -2.27. The summed E-state index contributed by atoms with van der Waals surface area (Å²) >= 11 is 0. The van der Waals surface area contributed by atoms with E-state index in [1.807, 2.05) is 57.2 Å². The van der Waals surface area contributed by atoms with E-state index < -0.39 is 28.8 Å². The normalized spacial score (nSPS) is 14.9. The lowest BCUT2D eigenvalue weighted by atomic mass is 10.00. The van der Waals surface area contributed by atoms with Gasteiger partial charge in [0.25, 0.3) is 0 Å². The van der Waals surface area contributed by atoms with Crippen molar-refractivity contribution in [3.05, 3.63) is 72.2 Å². The van der Waals surface area contributed by atoms with Crippen molar-refractivity contribution in [3.63, 3.8) is 0 Å². The van der Waals surface area contributed by atoms with Gasteiger partial charge < -0.3 is 5.11 Å². The van der Waals surface area contributed by atoms with Crippen LogP contribution < -0.4 is 0 Å². The highest BCUT2D eigenvalue weighted by Gasteiger charge is 2.40. The predicted octanol–water partition coefficient (Wildman–Crippen LogP) is 6.51. The van der Waals surface area contributed by atoms with E-state index in [1.165, 1.54) is 16.8 Å². The van der Waals surface area contributed by atoms with Gasteiger partial charge in [-0.1, -0.05) is 37.6 Å². The van der Waals surface area contributed by atoms with Gasteiger partial charge in [0, 0.05) is 43.9 Å². The third-order valence-electron chi connectivity index (χ3n) is 6.29. The standard InChI is InChI=1S/C28H31F3N4O2S/c1-5-8-20(17-38(37)27(2,3)4)22-10-6-9-21(33-22)18-13-14-19-16-32-35(24(19)15-18)25-12-7-11-23(34-25)26(36)28(29,30)31/h6-7,9-16,20,26,36H,5,8,17H2,1-4H3/t20-,26-,38-/m1/s1. The number of rotatable bonds is 8. The molecule has 0 bridgehead atoms. The molecule has 10 heteroatoms. The van der Waals surface area contributed by atoms with Crippen molar-refractivity contribution in [2.24, 2.45) is 0 Å². The molecule has 0 aliphatic heterocycles. The van der Waals surface area contributed by atoms with E-state index in [0.29, 0.717) is 11.3 Å². The number of pyridine rings is 2. The summed E-state index contributed by atoms with van der Waals surface area (Å²) in [7, 11) is -1.02. The van der Waals surface area contributed by atoms with Gasteiger partial charge in [-0.15, -0.1) is 0 Å². The van der Waals surface area contributed by atoms with Gasteiger partial charge >= 0.3 is 6.18 Å². The summed E-state index contributed by atoms with van der Waals surface area (Å²) in [5.74, 6) is 0.749. The van der Waals surface area contributed by atoms with E-state index in [9.17, 15) is 22.5 Å². The molecule has 4 rings (SSSR count). The van der Waals surface area contributed by atoms with Gasteiger partial charge in [0.05, 0.1) is 23.1 Å². The SMILES string of the molecule is CCC[C@H](C[S@@](=O)C(C)(C)C)c1cccc(-c2ccc3cnn(-c4cccc([C@@H](O)C(F)(F)F)n4)c3c2)n1. The summed E-state index contributed by atoms with van der Waals surface area (Å²) in [6, 6.07) is 15.5. The lowest BCUT2D eigenvalue weighted by molar-refractivity contribution is -0.207. The van der Waals surface area contributed by atoms with E-state index >= 15 is 0 Å². The maximum absolute atomic E-state index is 13.0. The molecule has 202 valence electrons. The second-order valence-corrected chi connectivity index (χ2v) is 12.5. The van der Waals surface area contributed by atoms with E-state index in [4.69, 9.17) is 4.98 Å². The molecule has 3 heterocycles. The maximum Gasteiger partial charge on any atom is 0.420 e. The highest BCUT2D eigenvalue weighted by molar-refractivity contribution is 7.86. The summed E-state index contributed by atoms with van der Waals surface area (Å²) in [5, 5.41) is 14.8. The Kier molecular flexibility index (Phi) is 8.04. The Labute approximate surface area is 222 Å². The number of fused-ring (bicyclic) bond motifs is 1.